The number of carbonyl (C=O) groups is 1. The van der Waals surface area contributed by atoms with Crippen LogP contribution in [-0.4, -0.2) is 30.3 Å². The fourth-order valence-electron chi connectivity index (χ4n) is 3.56. The molecule has 18 heavy (non-hydrogen) atoms. The van der Waals surface area contributed by atoms with Crippen LogP contribution in [0.15, 0.2) is 0 Å². The lowest BCUT2D eigenvalue weighted by molar-refractivity contribution is -0.120. The van der Waals surface area contributed by atoms with E-state index >= 15 is 0 Å². The molecule has 0 aromatic rings. The van der Waals surface area contributed by atoms with Crippen LogP contribution in [0.3, 0.4) is 0 Å². The highest BCUT2D eigenvalue weighted by Crippen LogP contribution is 2.36. The lowest BCUT2D eigenvalue weighted by Gasteiger charge is -2.38. The van der Waals surface area contributed by atoms with Crippen LogP contribution in [0.25, 0.3) is 0 Å². The molecule has 2 saturated carbocycles. The predicted molar refractivity (Wildman–Crippen MR) is 75.6 cm³/mol. The average Bonchev–Trinajstić information content (AvgIpc) is 2.72. The molecule has 2 fully saturated rings. The molecular weight excluding hydrogens is 222 g/mol. The lowest BCUT2D eigenvalue weighted by atomic mass is 9.75. The molecule has 1 atom stereocenters. The Kier molecular flexibility index (Phi) is 4.47. The SMILES string of the molecule is CN(CCC1CCCC1=O)C1CCC(C)(C)CC1. The number of Topliss-reactive ketones (excluding diaryl/α,β-unsaturated/α-hetero) is 1. The highest BCUT2D eigenvalue weighted by molar-refractivity contribution is 5.82. The van der Waals surface area contributed by atoms with Gasteiger partial charge in [0.25, 0.3) is 0 Å². The molecule has 0 aromatic carbocycles. The fraction of sp³-hybridized carbons (Fsp3) is 0.938. The summed E-state index contributed by atoms with van der Waals surface area (Å²) in [5, 5.41) is 0. The first kappa shape index (κ1) is 14.0. The molecule has 2 heteroatoms. The van der Waals surface area contributed by atoms with Crippen molar-refractivity contribution >= 4 is 5.78 Å². The first-order chi connectivity index (χ1) is 8.48. The summed E-state index contributed by atoms with van der Waals surface area (Å²) in [7, 11) is 2.25. The van der Waals surface area contributed by atoms with Gasteiger partial charge >= 0.3 is 0 Å². The van der Waals surface area contributed by atoms with Gasteiger partial charge in [-0.05, 0) is 64.0 Å². The summed E-state index contributed by atoms with van der Waals surface area (Å²) < 4.78 is 0. The van der Waals surface area contributed by atoms with E-state index in [2.05, 4.69) is 25.8 Å². The Bertz CT molecular complexity index is 287. The van der Waals surface area contributed by atoms with Crippen molar-refractivity contribution in [2.75, 3.05) is 13.6 Å². The molecule has 0 N–H and O–H groups in total. The van der Waals surface area contributed by atoms with E-state index in [9.17, 15) is 4.79 Å². The van der Waals surface area contributed by atoms with Crippen LogP contribution in [0.5, 0.6) is 0 Å². The number of carbonyl (C=O) groups excluding carboxylic acids is 1. The average molecular weight is 251 g/mol. The van der Waals surface area contributed by atoms with Gasteiger partial charge in [0.2, 0.25) is 0 Å². The molecule has 0 bridgehead atoms. The maximum atomic E-state index is 11.6. The molecule has 2 aliphatic rings. The van der Waals surface area contributed by atoms with Crippen LogP contribution in [0.2, 0.25) is 0 Å². The third-order valence-corrected chi connectivity index (χ3v) is 5.19. The lowest BCUT2D eigenvalue weighted by Crippen LogP contribution is -2.38. The van der Waals surface area contributed by atoms with Crippen LogP contribution in [0, 0.1) is 11.3 Å². The van der Waals surface area contributed by atoms with E-state index in [0.717, 1.165) is 38.3 Å². The van der Waals surface area contributed by atoms with Gasteiger partial charge in [-0.3, -0.25) is 4.79 Å². The van der Waals surface area contributed by atoms with Gasteiger partial charge in [0.05, 0.1) is 0 Å². The minimum absolute atomic E-state index is 0.382. The van der Waals surface area contributed by atoms with Gasteiger partial charge in [-0.25, -0.2) is 0 Å². The van der Waals surface area contributed by atoms with E-state index in [1.807, 2.05) is 0 Å². The molecule has 0 heterocycles. The zero-order valence-corrected chi connectivity index (χ0v) is 12.4. The van der Waals surface area contributed by atoms with Crippen molar-refractivity contribution in [3.63, 3.8) is 0 Å². The predicted octanol–water partition coefficient (Wildman–Crippen LogP) is 3.65. The summed E-state index contributed by atoms with van der Waals surface area (Å²) in [6, 6.07) is 0.759. The topological polar surface area (TPSA) is 20.3 Å². The largest absolute Gasteiger partial charge is 0.303 e. The normalized spacial score (nSPS) is 29.1. The second-order valence-corrected chi connectivity index (χ2v) is 7.22. The van der Waals surface area contributed by atoms with E-state index in [-0.39, 0.29) is 0 Å². The Hall–Kier alpha value is -0.370. The first-order valence-corrected chi connectivity index (χ1v) is 7.71. The van der Waals surface area contributed by atoms with E-state index in [4.69, 9.17) is 0 Å². The Morgan fingerprint density at radius 3 is 2.44 bits per heavy atom. The Labute approximate surface area is 112 Å². The van der Waals surface area contributed by atoms with Crippen LogP contribution < -0.4 is 0 Å². The summed E-state index contributed by atoms with van der Waals surface area (Å²) in [4.78, 5) is 14.1. The molecular formula is C16H29NO. The van der Waals surface area contributed by atoms with Crippen molar-refractivity contribution in [2.24, 2.45) is 11.3 Å². The summed E-state index contributed by atoms with van der Waals surface area (Å²) in [6.45, 7) is 5.89. The monoisotopic (exact) mass is 251 g/mol. The van der Waals surface area contributed by atoms with E-state index in [1.54, 1.807) is 0 Å². The number of nitrogens with zero attached hydrogens (tertiary/aromatic N) is 1. The highest BCUT2D eigenvalue weighted by Gasteiger charge is 2.30. The number of ketones is 1. The second-order valence-electron chi connectivity index (χ2n) is 7.22. The van der Waals surface area contributed by atoms with Crippen molar-refractivity contribution in [1.29, 1.82) is 0 Å². The van der Waals surface area contributed by atoms with Gasteiger partial charge in [-0.2, -0.15) is 0 Å². The Morgan fingerprint density at radius 2 is 1.89 bits per heavy atom. The van der Waals surface area contributed by atoms with Crippen LogP contribution in [0.4, 0.5) is 0 Å². The second kappa shape index (κ2) is 5.73. The standard InChI is InChI=1S/C16H29NO/c1-16(2)10-7-14(8-11-16)17(3)12-9-13-5-4-6-15(13)18/h13-14H,4-12H2,1-3H3. The van der Waals surface area contributed by atoms with Crippen molar-refractivity contribution < 1.29 is 4.79 Å². The zero-order chi connectivity index (χ0) is 13.2. The Balaban J connectivity index is 1.72. The van der Waals surface area contributed by atoms with Gasteiger partial charge in [0.15, 0.2) is 0 Å². The number of rotatable bonds is 4. The summed E-state index contributed by atoms with van der Waals surface area (Å²) >= 11 is 0. The smallest absolute Gasteiger partial charge is 0.136 e. The molecule has 104 valence electrons. The first-order valence-electron chi connectivity index (χ1n) is 7.71. The van der Waals surface area contributed by atoms with Gasteiger partial charge in [-0.1, -0.05) is 13.8 Å². The molecule has 0 aliphatic heterocycles. The summed E-state index contributed by atoms with van der Waals surface area (Å²) in [5.74, 6) is 0.903. The van der Waals surface area contributed by atoms with E-state index in [0.29, 0.717) is 17.1 Å². The molecule has 0 aromatic heterocycles. The maximum absolute atomic E-state index is 11.6. The minimum atomic E-state index is 0.382. The summed E-state index contributed by atoms with van der Waals surface area (Å²) in [6.07, 6.45) is 9.58. The summed E-state index contributed by atoms with van der Waals surface area (Å²) in [5.41, 5.74) is 0.554. The Morgan fingerprint density at radius 1 is 1.22 bits per heavy atom. The van der Waals surface area contributed by atoms with Crippen LogP contribution in [-0.2, 0) is 4.79 Å². The molecule has 0 saturated heterocycles. The van der Waals surface area contributed by atoms with Crippen LogP contribution in [0.1, 0.15) is 65.2 Å². The van der Waals surface area contributed by atoms with Gasteiger partial charge in [-0.15, -0.1) is 0 Å². The number of hydrogen-bond donors (Lipinski definition) is 0. The minimum Gasteiger partial charge on any atom is -0.303 e. The molecule has 2 rings (SSSR count). The van der Waals surface area contributed by atoms with Crippen LogP contribution >= 0.6 is 0 Å². The van der Waals surface area contributed by atoms with Crippen molar-refractivity contribution in [3.8, 4) is 0 Å². The van der Waals surface area contributed by atoms with Gasteiger partial charge < -0.3 is 4.90 Å². The van der Waals surface area contributed by atoms with Crippen molar-refractivity contribution in [1.82, 2.24) is 4.90 Å². The van der Waals surface area contributed by atoms with Crippen molar-refractivity contribution in [2.45, 2.75) is 71.3 Å². The molecule has 2 aliphatic carbocycles. The third-order valence-electron chi connectivity index (χ3n) is 5.19. The zero-order valence-electron chi connectivity index (χ0n) is 12.4. The van der Waals surface area contributed by atoms with E-state index < -0.39 is 0 Å². The molecule has 0 radical (unpaired) electrons. The van der Waals surface area contributed by atoms with Gasteiger partial charge in [0, 0.05) is 18.4 Å². The fourth-order valence-corrected chi connectivity index (χ4v) is 3.56. The number of hydrogen-bond acceptors (Lipinski definition) is 2. The van der Waals surface area contributed by atoms with Crippen molar-refractivity contribution in [3.05, 3.63) is 0 Å². The quantitative estimate of drug-likeness (QED) is 0.760. The van der Waals surface area contributed by atoms with E-state index in [1.165, 1.54) is 25.7 Å². The maximum Gasteiger partial charge on any atom is 0.136 e. The highest BCUT2D eigenvalue weighted by atomic mass is 16.1. The van der Waals surface area contributed by atoms with Gasteiger partial charge in [0.1, 0.15) is 5.78 Å². The third kappa shape index (κ3) is 3.57. The molecule has 0 spiro atoms. The molecule has 0 amide bonds. The molecule has 1 unspecified atom stereocenters. The molecule has 2 nitrogen and oxygen atoms in total.